The summed E-state index contributed by atoms with van der Waals surface area (Å²) in [5.41, 5.74) is 4.90. The van der Waals surface area contributed by atoms with Gasteiger partial charge in [-0.25, -0.2) is 0 Å². The Morgan fingerprint density at radius 3 is 2.89 bits per heavy atom. The van der Waals surface area contributed by atoms with E-state index in [1.807, 2.05) is 6.07 Å². The second kappa shape index (κ2) is 6.71. The highest BCUT2D eigenvalue weighted by Gasteiger charge is 2.15. The van der Waals surface area contributed by atoms with Crippen molar-refractivity contribution < 1.29 is 9.66 Å². The molecule has 0 fully saturated rings. The van der Waals surface area contributed by atoms with Gasteiger partial charge in [0.25, 0.3) is 5.69 Å². The first-order chi connectivity index (χ1) is 8.94. The highest BCUT2D eigenvalue weighted by Crippen LogP contribution is 2.19. The van der Waals surface area contributed by atoms with E-state index < -0.39 is 10.5 Å². The van der Waals surface area contributed by atoms with Crippen molar-refractivity contribution in [2.75, 3.05) is 6.61 Å². The number of hydrogen-bond acceptors (Lipinski definition) is 5. The standard InChI is InChI=1S/C13H17N3O3/c1-13(15,10-14)7-2-3-8-19-12-6-4-5-11(9-12)16(17)18/h4-6,9H,2-3,7-8,15H2,1H3. The van der Waals surface area contributed by atoms with Crippen LogP contribution in [0, 0.1) is 21.4 Å². The number of non-ortho nitro benzene ring substituents is 1. The molecule has 0 amide bonds. The third-order valence-electron chi connectivity index (χ3n) is 2.64. The van der Waals surface area contributed by atoms with Crippen LogP contribution in [0.4, 0.5) is 5.69 Å². The normalized spacial score (nSPS) is 13.3. The number of unbranched alkanes of at least 4 members (excludes halogenated alkanes) is 1. The van der Waals surface area contributed by atoms with E-state index >= 15 is 0 Å². The number of nitro groups is 1. The van der Waals surface area contributed by atoms with Crippen molar-refractivity contribution in [3.63, 3.8) is 0 Å². The van der Waals surface area contributed by atoms with Gasteiger partial charge in [0.15, 0.2) is 0 Å². The van der Waals surface area contributed by atoms with Gasteiger partial charge in [0.05, 0.1) is 23.7 Å². The number of nitrogens with zero attached hydrogens (tertiary/aromatic N) is 2. The molecule has 6 nitrogen and oxygen atoms in total. The quantitative estimate of drug-likeness (QED) is 0.462. The zero-order chi connectivity index (χ0) is 14.3. The molecule has 6 heteroatoms. The molecule has 1 atom stereocenters. The highest BCUT2D eigenvalue weighted by molar-refractivity contribution is 5.37. The van der Waals surface area contributed by atoms with Crippen LogP contribution in [0.25, 0.3) is 0 Å². The Balaban J connectivity index is 2.32. The number of nitrogens with two attached hydrogens (primary N) is 1. The molecule has 1 unspecified atom stereocenters. The fourth-order valence-electron chi connectivity index (χ4n) is 1.53. The van der Waals surface area contributed by atoms with Crippen molar-refractivity contribution in [3.05, 3.63) is 34.4 Å². The van der Waals surface area contributed by atoms with Crippen LogP contribution in [0.5, 0.6) is 5.75 Å². The summed E-state index contributed by atoms with van der Waals surface area (Å²) in [6.45, 7) is 2.14. The average molecular weight is 263 g/mol. The minimum atomic E-state index is -0.800. The molecule has 0 heterocycles. The largest absolute Gasteiger partial charge is 0.493 e. The Morgan fingerprint density at radius 1 is 1.53 bits per heavy atom. The molecule has 0 saturated carbocycles. The minimum Gasteiger partial charge on any atom is -0.493 e. The fraction of sp³-hybridized carbons (Fsp3) is 0.462. The molecule has 1 rings (SSSR count). The molecule has 0 aliphatic heterocycles. The molecule has 0 bridgehead atoms. The molecule has 19 heavy (non-hydrogen) atoms. The summed E-state index contributed by atoms with van der Waals surface area (Å²) in [5, 5.41) is 19.3. The van der Waals surface area contributed by atoms with Crippen LogP contribution in [0.1, 0.15) is 26.2 Å². The summed E-state index contributed by atoms with van der Waals surface area (Å²) in [5.74, 6) is 0.477. The third-order valence-corrected chi connectivity index (χ3v) is 2.64. The van der Waals surface area contributed by atoms with Gasteiger partial charge in [0.2, 0.25) is 0 Å². The lowest BCUT2D eigenvalue weighted by molar-refractivity contribution is -0.384. The summed E-state index contributed by atoms with van der Waals surface area (Å²) in [6.07, 6.45) is 2.12. The van der Waals surface area contributed by atoms with E-state index in [1.165, 1.54) is 12.1 Å². The SMILES string of the molecule is CC(N)(C#N)CCCCOc1cccc([N+](=O)[O-])c1. The van der Waals surface area contributed by atoms with E-state index in [-0.39, 0.29) is 5.69 Å². The average Bonchev–Trinajstić information content (AvgIpc) is 2.38. The molecule has 0 spiro atoms. The van der Waals surface area contributed by atoms with Gasteiger partial charge in [0.1, 0.15) is 11.3 Å². The molecule has 0 radical (unpaired) electrons. The third kappa shape index (κ3) is 5.36. The van der Waals surface area contributed by atoms with Crippen LogP contribution in [-0.2, 0) is 0 Å². The molecule has 1 aromatic carbocycles. The van der Waals surface area contributed by atoms with E-state index in [9.17, 15) is 10.1 Å². The molecular formula is C13H17N3O3. The van der Waals surface area contributed by atoms with Gasteiger partial charge in [-0.05, 0) is 32.3 Å². The van der Waals surface area contributed by atoms with Gasteiger partial charge < -0.3 is 10.5 Å². The first-order valence-electron chi connectivity index (χ1n) is 6.02. The van der Waals surface area contributed by atoms with E-state index in [1.54, 1.807) is 19.1 Å². The lowest BCUT2D eigenvalue weighted by Crippen LogP contribution is -2.33. The summed E-state index contributed by atoms with van der Waals surface area (Å²) in [4.78, 5) is 10.1. The number of nitriles is 1. The fourth-order valence-corrected chi connectivity index (χ4v) is 1.53. The number of rotatable bonds is 7. The second-order valence-electron chi connectivity index (χ2n) is 4.59. The van der Waals surface area contributed by atoms with Crippen molar-refractivity contribution in [1.29, 1.82) is 5.26 Å². The maximum atomic E-state index is 10.6. The topological polar surface area (TPSA) is 102 Å². The highest BCUT2D eigenvalue weighted by atomic mass is 16.6. The molecule has 0 saturated heterocycles. The number of ether oxygens (including phenoxy) is 1. The van der Waals surface area contributed by atoms with Gasteiger partial charge in [0, 0.05) is 6.07 Å². The van der Waals surface area contributed by atoms with Gasteiger partial charge >= 0.3 is 0 Å². The maximum Gasteiger partial charge on any atom is 0.273 e. The molecular weight excluding hydrogens is 246 g/mol. The van der Waals surface area contributed by atoms with Crippen LogP contribution in [-0.4, -0.2) is 17.1 Å². The van der Waals surface area contributed by atoms with Gasteiger partial charge in [-0.3, -0.25) is 10.1 Å². The maximum absolute atomic E-state index is 10.6. The van der Waals surface area contributed by atoms with Gasteiger partial charge in [-0.15, -0.1) is 0 Å². The molecule has 0 aliphatic rings. The van der Waals surface area contributed by atoms with Crippen molar-refractivity contribution in [2.24, 2.45) is 5.73 Å². The van der Waals surface area contributed by atoms with Crippen LogP contribution in [0.3, 0.4) is 0 Å². The van der Waals surface area contributed by atoms with Crippen molar-refractivity contribution in [3.8, 4) is 11.8 Å². The zero-order valence-electron chi connectivity index (χ0n) is 10.8. The van der Waals surface area contributed by atoms with Crippen LogP contribution in [0.2, 0.25) is 0 Å². The predicted octanol–water partition coefficient (Wildman–Crippen LogP) is 2.38. The predicted molar refractivity (Wildman–Crippen MR) is 70.6 cm³/mol. The molecule has 2 N–H and O–H groups in total. The summed E-state index contributed by atoms with van der Waals surface area (Å²) >= 11 is 0. The van der Waals surface area contributed by atoms with Crippen molar-refractivity contribution in [2.45, 2.75) is 31.7 Å². The Hall–Kier alpha value is -2.13. The van der Waals surface area contributed by atoms with Crippen LogP contribution in [0.15, 0.2) is 24.3 Å². The van der Waals surface area contributed by atoms with Crippen LogP contribution >= 0.6 is 0 Å². The van der Waals surface area contributed by atoms with Gasteiger partial charge in [-0.1, -0.05) is 6.07 Å². The monoisotopic (exact) mass is 263 g/mol. The molecule has 0 aliphatic carbocycles. The van der Waals surface area contributed by atoms with E-state index in [4.69, 9.17) is 15.7 Å². The van der Waals surface area contributed by atoms with Crippen molar-refractivity contribution >= 4 is 5.69 Å². The number of hydrogen-bond donors (Lipinski definition) is 1. The van der Waals surface area contributed by atoms with Crippen molar-refractivity contribution in [1.82, 2.24) is 0 Å². The summed E-state index contributed by atoms with van der Waals surface area (Å²) < 4.78 is 5.42. The van der Waals surface area contributed by atoms with E-state index in [2.05, 4.69) is 0 Å². The lowest BCUT2D eigenvalue weighted by atomic mass is 9.98. The lowest BCUT2D eigenvalue weighted by Gasteiger charge is -2.14. The second-order valence-corrected chi connectivity index (χ2v) is 4.59. The summed E-state index contributed by atoms with van der Waals surface area (Å²) in [7, 11) is 0. The molecule has 102 valence electrons. The molecule has 1 aromatic rings. The zero-order valence-corrected chi connectivity index (χ0v) is 10.8. The Morgan fingerprint density at radius 2 is 2.26 bits per heavy atom. The molecule has 0 aromatic heterocycles. The Bertz CT molecular complexity index is 480. The number of benzene rings is 1. The van der Waals surface area contributed by atoms with Gasteiger partial charge in [-0.2, -0.15) is 5.26 Å². The van der Waals surface area contributed by atoms with Crippen LogP contribution < -0.4 is 10.5 Å². The van der Waals surface area contributed by atoms with E-state index in [0.717, 1.165) is 12.8 Å². The smallest absolute Gasteiger partial charge is 0.273 e. The number of nitro benzene ring substituents is 1. The minimum absolute atomic E-state index is 0.0107. The first-order valence-corrected chi connectivity index (χ1v) is 6.02. The van der Waals surface area contributed by atoms with E-state index in [0.29, 0.717) is 18.8 Å². The Labute approximate surface area is 111 Å². The Kier molecular flexibility index (Phi) is 5.27. The summed E-state index contributed by atoms with van der Waals surface area (Å²) in [6, 6.07) is 8.10. The first kappa shape index (κ1) is 14.9.